The van der Waals surface area contributed by atoms with Crippen LogP contribution in [0.3, 0.4) is 0 Å². The molecule has 2 atom stereocenters. The molecule has 1 aliphatic carbocycles. The van der Waals surface area contributed by atoms with Gasteiger partial charge in [0.25, 0.3) is 0 Å². The van der Waals surface area contributed by atoms with Crippen LogP contribution in [0.25, 0.3) is 0 Å². The van der Waals surface area contributed by atoms with E-state index in [4.69, 9.17) is 14.5 Å². The van der Waals surface area contributed by atoms with Crippen molar-refractivity contribution in [1.82, 2.24) is 10.2 Å². The van der Waals surface area contributed by atoms with E-state index in [9.17, 15) is 9.59 Å². The first kappa shape index (κ1) is 39.6. The third-order valence-corrected chi connectivity index (χ3v) is 8.73. The Bertz CT molecular complexity index is 1190. The Labute approximate surface area is 280 Å². The first-order valence-electron chi connectivity index (χ1n) is 17.7. The van der Waals surface area contributed by atoms with Gasteiger partial charge < -0.3 is 19.7 Å². The van der Waals surface area contributed by atoms with Gasteiger partial charge in [0.1, 0.15) is 12.1 Å². The number of hydrogen-bond donors (Lipinski definition) is 1. The standard InChI is InChI=1S/C32H48N2O3.C7H15NO/c1-9-26(18-24(8)30(35)10-2)31(22(5)6)34-28-19-25(16-15-23(28)7)20-33-29(17-21(3)4)32(36)37-27-13-11-12-14-27;1-3-7-6-8(2)4-5-9-7/h9,15-16,18-19,21-22,27,29,33H,10-14,17,20H2,1-8H3;7H,3-6H2,1-2H3/b24-18-,26-9+,34-31?;. The number of Topliss-reactive ketones (excluding diaryl/α,β-unsaturated/α-hetero) is 1. The van der Waals surface area contributed by atoms with Crippen LogP contribution in [0.4, 0.5) is 5.69 Å². The summed E-state index contributed by atoms with van der Waals surface area (Å²) in [4.78, 5) is 32.5. The van der Waals surface area contributed by atoms with Crippen LogP contribution < -0.4 is 5.32 Å². The van der Waals surface area contributed by atoms with Gasteiger partial charge in [0.05, 0.1) is 24.1 Å². The summed E-state index contributed by atoms with van der Waals surface area (Å²) in [6, 6.07) is 5.95. The molecular formula is C39H63N3O4. The molecule has 1 aromatic carbocycles. The molecule has 0 bridgehead atoms. The summed E-state index contributed by atoms with van der Waals surface area (Å²) >= 11 is 0. The largest absolute Gasteiger partial charge is 0.461 e. The van der Waals surface area contributed by atoms with E-state index in [0.717, 1.165) is 91.9 Å². The summed E-state index contributed by atoms with van der Waals surface area (Å²) in [6.07, 6.45) is 11.2. The summed E-state index contributed by atoms with van der Waals surface area (Å²) in [5, 5.41) is 3.46. The molecule has 2 aliphatic rings. The smallest absolute Gasteiger partial charge is 0.323 e. The number of rotatable bonds is 14. The van der Waals surface area contributed by atoms with E-state index in [1.807, 2.05) is 32.9 Å². The van der Waals surface area contributed by atoms with Crippen molar-refractivity contribution in [3.05, 3.63) is 52.6 Å². The molecule has 1 N–H and O–H groups in total. The summed E-state index contributed by atoms with van der Waals surface area (Å²) in [7, 11) is 2.14. The Morgan fingerprint density at radius 3 is 2.39 bits per heavy atom. The highest BCUT2D eigenvalue weighted by Crippen LogP contribution is 2.25. The summed E-state index contributed by atoms with van der Waals surface area (Å²) in [5.74, 6) is 0.591. The third kappa shape index (κ3) is 13.6. The van der Waals surface area contributed by atoms with Gasteiger partial charge in [-0.15, -0.1) is 0 Å². The second-order valence-electron chi connectivity index (χ2n) is 13.7. The number of carbonyl (C=O) groups excluding carboxylic acids is 2. The van der Waals surface area contributed by atoms with Crippen LogP contribution in [0.2, 0.25) is 0 Å². The van der Waals surface area contributed by atoms with Gasteiger partial charge in [-0.2, -0.15) is 0 Å². The van der Waals surface area contributed by atoms with E-state index < -0.39 is 0 Å². The lowest BCUT2D eigenvalue weighted by Crippen LogP contribution is -2.40. The fraction of sp³-hybridized carbons (Fsp3) is 0.667. The number of hydrogen-bond acceptors (Lipinski definition) is 7. The summed E-state index contributed by atoms with van der Waals surface area (Å²) in [6.45, 7) is 22.2. The Morgan fingerprint density at radius 2 is 1.85 bits per heavy atom. The van der Waals surface area contributed by atoms with Gasteiger partial charge >= 0.3 is 5.97 Å². The quantitative estimate of drug-likeness (QED) is 0.0957. The molecule has 1 saturated heterocycles. The molecule has 1 heterocycles. The number of morpholine rings is 1. The van der Waals surface area contributed by atoms with Gasteiger partial charge in [-0.3, -0.25) is 14.6 Å². The molecule has 0 aromatic heterocycles. The minimum Gasteiger partial charge on any atom is -0.461 e. The topological polar surface area (TPSA) is 80.2 Å². The zero-order valence-electron chi connectivity index (χ0n) is 30.6. The SMILES string of the molecule is C/C=C(\C=C(\C)C(=O)CC)C(=Nc1cc(CNC(CC(C)C)C(=O)OC2CCCC2)ccc1C)C(C)C.CCC1CN(C)CCO1. The molecule has 46 heavy (non-hydrogen) atoms. The molecule has 1 aromatic rings. The first-order chi connectivity index (χ1) is 21.9. The minimum atomic E-state index is -0.320. The first-order valence-corrected chi connectivity index (χ1v) is 17.7. The van der Waals surface area contributed by atoms with Gasteiger partial charge in [0, 0.05) is 26.1 Å². The number of ether oxygens (including phenoxy) is 2. The molecule has 1 aliphatic heterocycles. The van der Waals surface area contributed by atoms with Crippen molar-refractivity contribution in [1.29, 1.82) is 0 Å². The second-order valence-corrected chi connectivity index (χ2v) is 13.7. The molecule has 0 spiro atoms. The lowest BCUT2D eigenvalue weighted by Gasteiger charge is -2.29. The van der Waals surface area contributed by atoms with Crippen LogP contribution in [-0.2, 0) is 25.6 Å². The molecule has 0 radical (unpaired) electrons. The fourth-order valence-electron chi connectivity index (χ4n) is 5.78. The predicted molar refractivity (Wildman–Crippen MR) is 192 cm³/mol. The monoisotopic (exact) mass is 637 g/mol. The molecule has 7 nitrogen and oxygen atoms in total. The number of benzene rings is 1. The van der Waals surface area contributed by atoms with Crippen LogP contribution >= 0.6 is 0 Å². The lowest BCUT2D eigenvalue weighted by atomic mass is 9.96. The maximum atomic E-state index is 12.9. The van der Waals surface area contributed by atoms with E-state index >= 15 is 0 Å². The minimum absolute atomic E-state index is 0.0739. The van der Waals surface area contributed by atoms with Crippen molar-refractivity contribution < 1.29 is 19.1 Å². The van der Waals surface area contributed by atoms with Crippen molar-refractivity contribution in [3.63, 3.8) is 0 Å². The number of nitrogens with zero attached hydrogens (tertiary/aromatic N) is 2. The lowest BCUT2D eigenvalue weighted by molar-refractivity contribution is -0.151. The molecule has 7 heteroatoms. The van der Waals surface area contributed by atoms with Crippen LogP contribution in [0.1, 0.15) is 111 Å². The number of esters is 1. The number of aliphatic imine (C=N–C) groups is 1. The average Bonchev–Trinajstić information content (AvgIpc) is 3.54. The third-order valence-electron chi connectivity index (χ3n) is 8.73. The van der Waals surface area contributed by atoms with E-state index in [0.29, 0.717) is 25.0 Å². The highest BCUT2D eigenvalue weighted by atomic mass is 16.5. The number of carbonyl (C=O) groups is 2. The summed E-state index contributed by atoms with van der Waals surface area (Å²) < 4.78 is 11.3. The number of nitrogens with one attached hydrogen (secondary N) is 1. The van der Waals surface area contributed by atoms with Gasteiger partial charge in [0.15, 0.2) is 5.78 Å². The predicted octanol–water partition coefficient (Wildman–Crippen LogP) is 8.31. The highest BCUT2D eigenvalue weighted by Gasteiger charge is 2.26. The molecule has 3 rings (SSSR count). The average molecular weight is 638 g/mol. The van der Waals surface area contributed by atoms with Crippen molar-refractivity contribution in [2.45, 2.75) is 132 Å². The number of allylic oxidation sites excluding steroid dienone is 4. The van der Waals surface area contributed by atoms with E-state index in [1.165, 1.54) is 0 Å². The summed E-state index contributed by atoms with van der Waals surface area (Å²) in [5.41, 5.74) is 5.75. The molecule has 2 fully saturated rings. The molecule has 0 amide bonds. The van der Waals surface area contributed by atoms with Crippen molar-refractivity contribution in [2.75, 3.05) is 26.7 Å². The Morgan fingerprint density at radius 1 is 1.15 bits per heavy atom. The van der Waals surface area contributed by atoms with Crippen LogP contribution in [0.15, 0.2) is 46.5 Å². The fourth-order valence-corrected chi connectivity index (χ4v) is 5.78. The van der Waals surface area contributed by atoms with Gasteiger partial charge in [-0.25, -0.2) is 0 Å². The number of ketones is 1. The van der Waals surface area contributed by atoms with Gasteiger partial charge in [-0.1, -0.05) is 59.8 Å². The Balaban J connectivity index is 0.000000700. The zero-order chi connectivity index (χ0) is 34.2. The number of aryl methyl sites for hydroxylation is 1. The van der Waals surface area contributed by atoms with Crippen molar-refractivity contribution in [3.8, 4) is 0 Å². The van der Waals surface area contributed by atoms with E-state index in [2.05, 4.69) is 77.0 Å². The van der Waals surface area contributed by atoms with Gasteiger partial charge in [-0.05, 0) is 113 Å². The molecular weight excluding hydrogens is 574 g/mol. The Kier molecular flexibility index (Phi) is 17.7. The Hall–Kier alpha value is -2.61. The second kappa shape index (κ2) is 20.6. The van der Waals surface area contributed by atoms with Crippen molar-refractivity contribution >= 4 is 23.2 Å². The van der Waals surface area contributed by atoms with Gasteiger partial charge in [0.2, 0.25) is 0 Å². The van der Waals surface area contributed by atoms with Crippen LogP contribution in [0, 0.1) is 18.8 Å². The molecule has 2 unspecified atom stereocenters. The molecule has 258 valence electrons. The van der Waals surface area contributed by atoms with Crippen molar-refractivity contribution in [2.24, 2.45) is 16.8 Å². The maximum absolute atomic E-state index is 12.9. The van der Waals surface area contributed by atoms with E-state index in [1.54, 1.807) is 0 Å². The van der Waals surface area contributed by atoms with E-state index in [-0.39, 0.29) is 29.8 Å². The number of likely N-dealkylation sites (N-methyl/N-ethyl adjacent to an activating group) is 1. The maximum Gasteiger partial charge on any atom is 0.323 e. The highest BCUT2D eigenvalue weighted by molar-refractivity contribution is 6.07. The zero-order valence-corrected chi connectivity index (χ0v) is 30.6. The van der Waals surface area contributed by atoms with Crippen LogP contribution in [-0.4, -0.2) is 67.4 Å². The van der Waals surface area contributed by atoms with Crippen LogP contribution in [0.5, 0.6) is 0 Å². The molecule has 1 saturated carbocycles. The normalized spacial score (nSPS) is 19.3.